The third kappa shape index (κ3) is 3.70. The number of rotatable bonds is 3. The summed E-state index contributed by atoms with van der Waals surface area (Å²) in [7, 11) is 0. The molecular formula is C18H31N3O2. The van der Waals surface area contributed by atoms with Crippen LogP contribution in [0.15, 0.2) is 0 Å². The van der Waals surface area contributed by atoms with Gasteiger partial charge in [0.15, 0.2) is 0 Å². The fourth-order valence-electron chi connectivity index (χ4n) is 4.79. The Hall–Kier alpha value is -1.10. The van der Waals surface area contributed by atoms with Crippen LogP contribution in [0.1, 0.15) is 51.9 Å². The lowest BCUT2D eigenvalue weighted by atomic mass is 9.75. The van der Waals surface area contributed by atoms with Crippen LogP contribution >= 0.6 is 0 Å². The van der Waals surface area contributed by atoms with Gasteiger partial charge >= 0.3 is 0 Å². The number of hydrogen-bond acceptors (Lipinski definition) is 3. The minimum absolute atomic E-state index is 0.0250. The SMILES string of the molecule is C[C@H](C(=O)N1CCC(C(N)=O)CC1)N1CC[C@H]2CCCC[C@H]2C1. The van der Waals surface area contributed by atoms with Crippen LogP contribution in [0.5, 0.6) is 0 Å². The van der Waals surface area contributed by atoms with E-state index in [2.05, 4.69) is 11.8 Å². The molecule has 2 N–H and O–H groups in total. The zero-order chi connectivity index (χ0) is 16.4. The number of amides is 2. The molecule has 0 spiro atoms. The molecule has 1 saturated carbocycles. The maximum absolute atomic E-state index is 12.8. The van der Waals surface area contributed by atoms with E-state index in [4.69, 9.17) is 5.73 Å². The quantitative estimate of drug-likeness (QED) is 0.859. The summed E-state index contributed by atoms with van der Waals surface area (Å²) in [5.74, 6) is 1.67. The Labute approximate surface area is 139 Å². The van der Waals surface area contributed by atoms with Gasteiger partial charge in [0.05, 0.1) is 6.04 Å². The third-order valence-electron chi connectivity index (χ3n) is 6.44. The summed E-state index contributed by atoms with van der Waals surface area (Å²) in [6.07, 6.45) is 8.18. The van der Waals surface area contributed by atoms with Gasteiger partial charge in [-0.1, -0.05) is 19.3 Å². The number of nitrogens with two attached hydrogens (primary N) is 1. The summed E-state index contributed by atoms with van der Waals surface area (Å²) in [4.78, 5) is 28.4. The van der Waals surface area contributed by atoms with Gasteiger partial charge < -0.3 is 10.6 Å². The maximum atomic E-state index is 12.8. The van der Waals surface area contributed by atoms with Crippen molar-refractivity contribution in [2.45, 2.75) is 57.9 Å². The highest BCUT2D eigenvalue weighted by Crippen LogP contribution is 2.36. The van der Waals surface area contributed by atoms with Gasteiger partial charge in [-0.15, -0.1) is 0 Å². The molecular weight excluding hydrogens is 290 g/mol. The molecule has 0 bridgehead atoms. The summed E-state index contributed by atoms with van der Waals surface area (Å²) in [5, 5.41) is 0. The van der Waals surface area contributed by atoms with Crippen molar-refractivity contribution in [3.63, 3.8) is 0 Å². The fraction of sp³-hybridized carbons (Fsp3) is 0.889. The Kier molecular flexibility index (Phi) is 5.24. The van der Waals surface area contributed by atoms with Gasteiger partial charge in [-0.2, -0.15) is 0 Å². The summed E-state index contributed by atoms with van der Waals surface area (Å²) < 4.78 is 0. The molecule has 0 aromatic heterocycles. The van der Waals surface area contributed by atoms with E-state index >= 15 is 0 Å². The molecule has 2 aliphatic heterocycles. The number of fused-ring (bicyclic) bond motifs is 1. The van der Waals surface area contributed by atoms with Crippen molar-refractivity contribution in [3.8, 4) is 0 Å². The zero-order valence-electron chi connectivity index (χ0n) is 14.4. The second-order valence-corrected chi connectivity index (χ2v) is 7.77. The minimum Gasteiger partial charge on any atom is -0.369 e. The van der Waals surface area contributed by atoms with Crippen LogP contribution in [0.4, 0.5) is 0 Å². The van der Waals surface area contributed by atoms with Crippen LogP contribution in [0.25, 0.3) is 0 Å². The number of nitrogens with zero attached hydrogens (tertiary/aromatic N) is 2. The molecule has 23 heavy (non-hydrogen) atoms. The summed E-state index contributed by atoms with van der Waals surface area (Å²) in [5.41, 5.74) is 5.38. The Bertz CT molecular complexity index is 446. The van der Waals surface area contributed by atoms with E-state index < -0.39 is 0 Å². The smallest absolute Gasteiger partial charge is 0.239 e. The molecule has 3 fully saturated rings. The Morgan fingerprint density at radius 2 is 1.61 bits per heavy atom. The van der Waals surface area contributed by atoms with Crippen LogP contribution in [-0.2, 0) is 9.59 Å². The first kappa shape index (κ1) is 16.7. The van der Waals surface area contributed by atoms with Crippen molar-refractivity contribution >= 4 is 11.8 Å². The van der Waals surface area contributed by atoms with Gasteiger partial charge in [0, 0.05) is 25.6 Å². The largest absolute Gasteiger partial charge is 0.369 e. The number of piperidine rings is 2. The van der Waals surface area contributed by atoms with Gasteiger partial charge in [-0.3, -0.25) is 14.5 Å². The highest BCUT2D eigenvalue weighted by Gasteiger charge is 2.36. The number of primary amides is 1. The van der Waals surface area contributed by atoms with Crippen molar-refractivity contribution in [1.29, 1.82) is 0 Å². The molecule has 5 heteroatoms. The maximum Gasteiger partial charge on any atom is 0.239 e. The van der Waals surface area contributed by atoms with E-state index in [1.54, 1.807) is 0 Å². The average molecular weight is 321 g/mol. The molecule has 2 amide bonds. The Balaban J connectivity index is 1.52. The monoisotopic (exact) mass is 321 g/mol. The van der Waals surface area contributed by atoms with Crippen LogP contribution in [-0.4, -0.2) is 53.8 Å². The van der Waals surface area contributed by atoms with Crippen LogP contribution < -0.4 is 5.73 Å². The Morgan fingerprint density at radius 1 is 0.957 bits per heavy atom. The van der Waals surface area contributed by atoms with E-state index in [0.29, 0.717) is 13.1 Å². The molecule has 0 aromatic rings. The van der Waals surface area contributed by atoms with Crippen LogP contribution in [0.2, 0.25) is 0 Å². The van der Waals surface area contributed by atoms with E-state index in [1.165, 1.54) is 32.1 Å². The Morgan fingerprint density at radius 3 is 2.26 bits per heavy atom. The highest BCUT2D eigenvalue weighted by molar-refractivity contribution is 5.82. The topological polar surface area (TPSA) is 66.6 Å². The molecule has 0 unspecified atom stereocenters. The van der Waals surface area contributed by atoms with Crippen molar-refractivity contribution < 1.29 is 9.59 Å². The molecule has 0 aromatic carbocycles. The van der Waals surface area contributed by atoms with Crippen LogP contribution in [0.3, 0.4) is 0 Å². The van der Waals surface area contributed by atoms with Gasteiger partial charge in [-0.25, -0.2) is 0 Å². The number of likely N-dealkylation sites (tertiary alicyclic amines) is 2. The standard InChI is InChI=1S/C18H31N3O2/c1-13(18(23)20-9-7-15(8-10-20)17(19)22)21-11-6-14-4-2-3-5-16(14)12-21/h13-16H,2-12H2,1H3,(H2,19,22)/t13-,14-,16+/m1/s1. The second kappa shape index (κ2) is 7.20. The first-order chi connectivity index (χ1) is 11.1. The zero-order valence-corrected chi connectivity index (χ0v) is 14.4. The first-order valence-electron chi connectivity index (χ1n) is 9.38. The summed E-state index contributed by atoms with van der Waals surface area (Å²) >= 11 is 0. The lowest BCUT2D eigenvalue weighted by molar-refractivity contribution is -0.140. The first-order valence-corrected chi connectivity index (χ1v) is 9.38. The van der Waals surface area contributed by atoms with Gasteiger partial charge in [0.1, 0.15) is 0 Å². The second-order valence-electron chi connectivity index (χ2n) is 7.77. The van der Waals surface area contributed by atoms with Crippen molar-refractivity contribution in [3.05, 3.63) is 0 Å². The van der Waals surface area contributed by atoms with Crippen molar-refractivity contribution in [2.75, 3.05) is 26.2 Å². The molecule has 3 atom stereocenters. The predicted molar refractivity (Wildman–Crippen MR) is 89.6 cm³/mol. The minimum atomic E-state index is -0.218. The normalized spacial score (nSPS) is 31.4. The molecule has 3 aliphatic rings. The lowest BCUT2D eigenvalue weighted by Gasteiger charge is -2.44. The fourth-order valence-corrected chi connectivity index (χ4v) is 4.79. The van der Waals surface area contributed by atoms with Crippen LogP contribution in [0, 0.1) is 17.8 Å². The summed E-state index contributed by atoms with van der Waals surface area (Å²) in [6.45, 7) is 5.57. The number of carbonyl (C=O) groups excluding carboxylic acids is 2. The lowest BCUT2D eigenvalue weighted by Crippen LogP contribution is -2.54. The summed E-state index contributed by atoms with van der Waals surface area (Å²) in [6, 6.07) is -0.0250. The van der Waals surface area contributed by atoms with Gasteiger partial charge in [0.25, 0.3) is 0 Å². The van der Waals surface area contributed by atoms with Gasteiger partial charge in [0.2, 0.25) is 11.8 Å². The number of hydrogen-bond donors (Lipinski definition) is 1. The predicted octanol–water partition coefficient (Wildman–Crippen LogP) is 1.61. The van der Waals surface area contributed by atoms with E-state index in [9.17, 15) is 9.59 Å². The molecule has 5 nitrogen and oxygen atoms in total. The molecule has 130 valence electrons. The highest BCUT2D eigenvalue weighted by atomic mass is 16.2. The third-order valence-corrected chi connectivity index (χ3v) is 6.44. The van der Waals surface area contributed by atoms with Crippen molar-refractivity contribution in [2.24, 2.45) is 23.5 Å². The van der Waals surface area contributed by atoms with Gasteiger partial charge in [-0.05, 0) is 51.0 Å². The van der Waals surface area contributed by atoms with E-state index in [0.717, 1.165) is 37.8 Å². The average Bonchev–Trinajstić information content (AvgIpc) is 2.60. The van der Waals surface area contributed by atoms with E-state index in [-0.39, 0.29) is 23.8 Å². The van der Waals surface area contributed by atoms with Crippen molar-refractivity contribution in [1.82, 2.24) is 9.80 Å². The molecule has 2 heterocycles. The van der Waals surface area contributed by atoms with E-state index in [1.807, 2.05) is 4.90 Å². The molecule has 2 saturated heterocycles. The molecule has 1 aliphatic carbocycles. The number of carbonyl (C=O) groups is 2. The molecule has 0 radical (unpaired) electrons. The molecule has 3 rings (SSSR count).